The Morgan fingerprint density at radius 1 is 1.59 bits per heavy atom. The van der Waals surface area contributed by atoms with Crippen LogP contribution in [0.2, 0.25) is 0 Å². The summed E-state index contributed by atoms with van der Waals surface area (Å²) in [6, 6.07) is 3.85. The lowest BCUT2D eigenvalue weighted by molar-refractivity contribution is 0.138. The van der Waals surface area contributed by atoms with E-state index in [-0.39, 0.29) is 17.9 Å². The van der Waals surface area contributed by atoms with Crippen molar-refractivity contribution in [3.8, 4) is 0 Å². The molecule has 0 heterocycles. The van der Waals surface area contributed by atoms with Crippen LogP contribution in [0, 0.1) is 16.1 Å². The predicted octanol–water partition coefficient (Wildman–Crippen LogP) is 2.17. The summed E-state index contributed by atoms with van der Waals surface area (Å²) in [6.07, 6.45) is 1.52. The first kappa shape index (κ1) is 12.1. The Hall–Kier alpha value is -1.33. The Morgan fingerprint density at radius 3 is 2.71 bits per heavy atom. The molecule has 0 aromatic heterocycles. The number of hydrogen-bond donors (Lipinski definition) is 2. The monoisotopic (exact) mass is 238 g/mol. The van der Waals surface area contributed by atoms with Crippen LogP contribution in [0.1, 0.15) is 25.3 Å². The Kier molecular flexibility index (Phi) is 2.75. The normalized spacial score (nSPS) is 20.7. The first-order valence-electron chi connectivity index (χ1n) is 5.50. The summed E-state index contributed by atoms with van der Waals surface area (Å²) >= 11 is 0. The van der Waals surface area contributed by atoms with E-state index in [0.717, 1.165) is 12.8 Å². The molecule has 4 nitrogen and oxygen atoms in total. The fourth-order valence-corrected chi connectivity index (χ4v) is 2.25. The molecule has 0 saturated heterocycles. The lowest BCUT2D eigenvalue weighted by Crippen LogP contribution is -2.45. The molecule has 0 bridgehead atoms. The summed E-state index contributed by atoms with van der Waals surface area (Å²) in [5.41, 5.74) is 5.08. The molecule has 0 aliphatic heterocycles. The average Bonchev–Trinajstić information content (AvgIpc) is 3.10. The van der Waals surface area contributed by atoms with Crippen molar-refractivity contribution in [2.24, 2.45) is 16.3 Å². The number of nitrogens with two attached hydrogens (primary N) is 1. The van der Waals surface area contributed by atoms with E-state index >= 15 is 0 Å². The number of nitroso groups, excluding NO2 is 1. The van der Waals surface area contributed by atoms with E-state index in [0.29, 0.717) is 0 Å². The van der Waals surface area contributed by atoms with E-state index in [1.54, 1.807) is 6.92 Å². The van der Waals surface area contributed by atoms with E-state index in [1.165, 1.54) is 18.2 Å². The summed E-state index contributed by atoms with van der Waals surface area (Å²) in [4.78, 5) is 10.5. The molecule has 1 aliphatic carbocycles. The molecule has 1 saturated carbocycles. The van der Waals surface area contributed by atoms with Crippen LogP contribution in [-0.4, -0.2) is 11.7 Å². The van der Waals surface area contributed by atoms with Gasteiger partial charge < -0.3 is 10.8 Å². The van der Waals surface area contributed by atoms with Gasteiger partial charge in [-0.2, -0.15) is 0 Å². The van der Waals surface area contributed by atoms with Crippen LogP contribution in [0.4, 0.5) is 10.1 Å². The number of rotatable bonds is 4. The van der Waals surface area contributed by atoms with Crippen LogP contribution in [0.3, 0.4) is 0 Å². The van der Waals surface area contributed by atoms with Crippen LogP contribution in [0.25, 0.3) is 0 Å². The van der Waals surface area contributed by atoms with Crippen LogP contribution < -0.4 is 5.73 Å². The molecule has 2 rings (SSSR count). The van der Waals surface area contributed by atoms with Gasteiger partial charge in [0, 0.05) is 16.5 Å². The lowest BCUT2D eigenvalue weighted by Gasteiger charge is -2.34. The molecule has 17 heavy (non-hydrogen) atoms. The molecule has 3 N–H and O–H groups in total. The van der Waals surface area contributed by atoms with Crippen molar-refractivity contribution >= 4 is 5.69 Å². The van der Waals surface area contributed by atoms with Crippen molar-refractivity contribution in [3.05, 3.63) is 34.5 Å². The zero-order chi connectivity index (χ0) is 12.7. The molecule has 1 aromatic carbocycles. The van der Waals surface area contributed by atoms with Crippen molar-refractivity contribution in [2.75, 3.05) is 6.61 Å². The molecule has 1 aliphatic rings. The molecule has 1 atom stereocenters. The van der Waals surface area contributed by atoms with Crippen molar-refractivity contribution in [1.29, 1.82) is 0 Å². The van der Waals surface area contributed by atoms with Gasteiger partial charge in [0.25, 0.3) is 0 Å². The second-order valence-corrected chi connectivity index (χ2v) is 4.90. The highest BCUT2D eigenvalue weighted by molar-refractivity contribution is 5.44. The van der Waals surface area contributed by atoms with Crippen LogP contribution >= 0.6 is 0 Å². The van der Waals surface area contributed by atoms with Gasteiger partial charge in [0.15, 0.2) is 0 Å². The Balaban J connectivity index is 2.48. The van der Waals surface area contributed by atoms with E-state index < -0.39 is 16.8 Å². The lowest BCUT2D eigenvalue weighted by atomic mass is 9.77. The van der Waals surface area contributed by atoms with Crippen LogP contribution in [0.15, 0.2) is 23.4 Å². The average molecular weight is 238 g/mol. The molecule has 0 spiro atoms. The largest absolute Gasteiger partial charge is 0.396 e. The number of aliphatic hydroxyl groups excluding tert-OH is 1. The third-order valence-electron chi connectivity index (χ3n) is 3.87. The summed E-state index contributed by atoms with van der Waals surface area (Å²) < 4.78 is 13.8. The number of halogens is 1. The zero-order valence-electron chi connectivity index (χ0n) is 9.61. The number of aliphatic hydroxyl groups is 1. The van der Waals surface area contributed by atoms with E-state index in [4.69, 9.17) is 5.73 Å². The SMILES string of the molecule is C[C@@](N)(c1cc(N=O)ccc1F)C1(CO)CC1. The third kappa shape index (κ3) is 1.75. The maximum absolute atomic E-state index is 13.8. The van der Waals surface area contributed by atoms with Gasteiger partial charge in [0.05, 0.1) is 6.61 Å². The van der Waals surface area contributed by atoms with Gasteiger partial charge in [0.2, 0.25) is 0 Å². The maximum Gasteiger partial charge on any atom is 0.128 e. The summed E-state index contributed by atoms with van der Waals surface area (Å²) in [5, 5.41) is 12.2. The van der Waals surface area contributed by atoms with Gasteiger partial charge in [0.1, 0.15) is 11.5 Å². The summed E-state index contributed by atoms with van der Waals surface area (Å²) in [6.45, 7) is 1.60. The smallest absolute Gasteiger partial charge is 0.128 e. The van der Waals surface area contributed by atoms with Gasteiger partial charge in [-0.1, -0.05) is 0 Å². The van der Waals surface area contributed by atoms with Crippen molar-refractivity contribution in [1.82, 2.24) is 0 Å². The fourth-order valence-electron chi connectivity index (χ4n) is 2.25. The number of benzene rings is 1. The Bertz CT molecular complexity index is 456. The van der Waals surface area contributed by atoms with Crippen molar-refractivity contribution < 1.29 is 9.50 Å². The molecule has 0 radical (unpaired) electrons. The zero-order valence-corrected chi connectivity index (χ0v) is 9.61. The molecule has 0 unspecified atom stereocenters. The van der Waals surface area contributed by atoms with Crippen molar-refractivity contribution in [3.63, 3.8) is 0 Å². The van der Waals surface area contributed by atoms with Crippen LogP contribution in [0.5, 0.6) is 0 Å². The fraction of sp³-hybridized carbons (Fsp3) is 0.500. The molecule has 92 valence electrons. The standard InChI is InChI=1S/C12H15FN2O2/c1-11(14,12(7-16)4-5-12)9-6-8(15-17)2-3-10(9)13/h2-3,6,16H,4-5,7,14H2,1H3/t11-/m1/s1. The molecule has 5 heteroatoms. The first-order chi connectivity index (χ1) is 7.97. The van der Waals surface area contributed by atoms with Gasteiger partial charge >= 0.3 is 0 Å². The highest BCUT2D eigenvalue weighted by Gasteiger charge is 2.56. The summed E-state index contributed by atoms with van der Waals surface area (Å²) in [5.74, 6) is -0.470. The minimum Gasteiger partial charge on any atom is -0.396 e. The molecule has 1 aromatic rings. The number of hydrogen-bond acceptors (Lipinski definition) is 4. The molecule has 0 amide bonds. The highest BCUT2D eigenvalue weighted by Crippen LogP contribution is 2.57. The second-order valence-electron chi connectivity index (χ2n) is 4.90. The Labute approximate surface area is 98.6 Å². The van der Waals surface area contributed by atoms with Gasteiger partial charge in [-0.15, -0.1) is 4.91 Å². The van der Waals surface area contributed by atoms with Gasteiger partial charge in [-0.05, 0) is 43.1 Å². The van der Waals surface area contributed by atoms with E-state index in [9.17, 15) is 14.4 Å². The highest BCUT2D eigenvalue weighted by atomic mass is 19.1. The second kappa shape index (κ2) is 3.85. The van der Waals surface area contributed by atoms with E-state index in [1.807, 2.05) is 0 Å². The van der Waals surface area contributed by atoms with Crippen LogP contribution in [-0.2, 0) is 5.54 Å². The van der Waals surface area contributed by atoms with E-state index in [2.05, 4.69) is 5.18 Å². The van der Waals surface area contributed by atoms with Crippen molar-refractivity contribution in [2.45, 2.75) is 25.3 Å². The third-order valence-corrected chi connectivity index (χ3v) is 3.87. The Morgan fingerprint density at radius 2 is 2.24 bits per heavy atom. The quantitative estimate of drug-likeness (QED) is 0.789. The topological polar surface area (TPSA) is 75.7 Å². The molecular weight excluding hydrogens is 223 g/mol. The predicted molar refractivity (Wildman–Crippen MR) is 62.1 cm³/mol. The van der Waals surface area contributed by atoms with Gasteiger partial charge in [-0.25, -0.2) is 4.39 Å². The minimum atomic E-state index is -0.994. The van der Waals surface area contributed by atoms with Gasteiger partial charge in [-0.3, -0.25) is 0 Å². The first-order valence-corrected chi connectivity index (χ1v) is 5.50. The number of nitrogens with zero attached hydrogens (tertiary/aromatic N) is 1. The molecular formula is C12H15FN2O2. The molecule has 1 fully saturated rings. The minimum absolute atomic E-state index is 0.0851. The summed E-state index contributed by atoms with van der Waals surface area (Å²) in [7, 11) is 0. The maximum atomic E-state index is 13.8.